The lowest BCUT2D eigenvalue weighted by atomic mass is 9.99. The first kappa shape index (κ1) is 20.5. The molecule has 168 valence electrons. The Morgan fingerprint density at radius 1 is 1.03 bits per heavy atom. The Labute approximate surface area is 198 Å². The number of halogens is 1. The molecule has 2 saturated carbocycles. The number of benzene rings is 2. The van der Waals surface area contributed by atoms with Gasteiger partial charge in [0.25, 0.3) is 5.56 Å². The fraction of sp³-hybridized carbons (Fsp3) is 0.333. The molecule has 2 aliphatic rings. The number of fused-ring (bicyclic) bond motifs is 1. The number of rotatable bonds is 7. The molecule has 0 amide bonds. The molecule has 0 bridgehead atoms. The van der Waals surface area contributed by atoms with Crippen LogP contribution in [0.15, 0.2) is 59.5 Å². The second-order valence-electron chi connectivity index (χ2n) is 9.54. The van der Waals surface area contributed by atoms with Gasteiger partial charge >= 0.3 is 0 Å². The number of pyridine rings is 1. The predicted molar refractivity (Wildman–Crippen MR) is 135 cm³/mol. The molecule has 0 radical (unpaired) electrons. The van der Waals surface area contributed by atoms with Crippen LogP contribution in [0, 0.1) is 18.8 Å². The van der Waals surface area contributed by atoms with Crippen molar-refractivity contribution < 1.29 is 0 Å². The van der Waals surface area contributed by atoms with Crippen molar-refractivity contribution in [2.24, 2.45) is 11.8 Å². The molecule has 0 saturated heterocycles. The smallest absolute Gasteiger partial charge is 0.280 e. The van der Waals surface area contributed by atoms with Crippen LogP contribution in [-0.2, 0) is 0 Å². The first-order chi connectivity index (χ1) is 16.1. The lowest BCUT2D eigenvalue weighted by Crippen LogP contribution is -2.28. The van der Waals surface area contributed by atoms with Gasteiger partial charge in [-0.3, -0.25) is 14.9 Å². The van der Waals surface area contributed by atoms with Crippen molar-refractivity contribution in [2.75, 3.05) is 18.0 Å². The van der Waals surface area contributed by atoms with Crippen LogP contribution in [0.2, 0.25) is 5.02 Å². The number of aromatic amines is 1. The van der Waals surface area contributed by atoms with Gasteiger partial charge in [-0.05, 0) is 74.8 Å². The van der Waals surface area contributed by atoms with Gasteiger partial charge < -0.3 is 4.90 Å². The van der Waals surface area contributed by atoms with E-state index in [1.165, 1.54) is 31.4 Å². The minimum absolute atomic E-state index is 0.105. The van der Waals surface area contributed by atoms with E-state index >= 15 is 0 Å². The molecule has 6 rings (SSSR count). The topological polar surface area (TPSA) is 53.9 Å². The quantitative estimate of drug-likeness (QED) is 0.371. The van der Waals surface area contributed by atoms with Crippen LogP contribution < -0.4 is 10.5 Å². The number of H-pyrrole nitrogens is 1. The van der Waals surface area contributed by atoms with Crippen LogP contribution in [0.25, 0.3) is 27.7 Å². The first-order valence-corrected chi connectivity index (χ1v) is 12.2. The third-order valence-electron chi connectivity index (χ3n) is 6.88. The first-order valence-electron chi connectivity index (χ1n) is 11.8. The van der Waals surface area contributed by atoms with Gasteiger partial charge in [0, 0.05) is 46.8 Å². The Balaban J connectivity index is 1.52. The second-order valence-corrected chi connectivity index (χ2v) is 9.98. The van der Waals surface area contributed by atoms with Gasteiger partial charge in [0.05, 0.1) is 16.6 Å². The van der Waals surface area contributed by atoms with Crippen LogP contribution in [0.3, 0.4) is 0 Å². The van der Waals surface area contributed by atoms with Crippen molar-refractivity contribution >= 4 is 28.2 Å². The molecular formula is C27H27ClN4O. The third kappa shape index (κ3) is 3.95. The zero-order chi connectivity index (χ0) is 22.5. The highest BCUT2D eigenvalue weighted by Crippen LogP contribution is 2.41. The Morgan fingerprint density at radius 3 is 2.36 bits per heavy atom. The van der Waals surface area contributed by atoms with Crippen LogP contribution in [0.1, 0.15) is 31.4 Å². The number of aryl methyl sites for hydroxylation is 1. The third-order valence-corrected chi connectivity index (χ3v) is 7.13. The Bertz CT molecular complexity index is 1370. The van der Waals surface area contributed by atoms with Gasteiger partial charge in [0.1, 0.15) is 0 Å². The Morgan fingerprint density at radius 2 is 1.70 bits per heavy atom. The van der Waals surface area contributed by atoms with Gasteiger partial charge in [-0.2, -0.15) is 0 Å². The number of hydrogen-bond donors (Lipinski definition) is 1. The van der Waals surface area contributed by atoms with Crippen LogP contribution >= 0.6 is 11.6 Å². The zero-order valence-electron chi connectivity index (χ0n) is 18.7. The fourth-order valence-electron chi connectivity index (χ4n) is 4.73. The van der Waals surface area contributed by atoms with Crippen molar-refractivity contribution in [3.05, 3.63) is 75.8 Å². The summed E-state index contributed by atoms with van der Waals surface area (Å²) in [6.07, 6.45) is 7.01. The van der Waals surface area contributed by atoms with E-state index in [4.69, 9.17) is 11.6 Å². The van der Waals surface area contributed by atoms with E-state index in [0.717, 1.165) is 53.0 Å². The zero-order valence-corrected chi connectivity index (χ0v) is 19.5. The van der Waals surface area contributed by atoms with Crippen molar-refractivity contribution in [2.45, 2.75) is 32.6 Å². The van der Waals surface area contributed by atoms with E-state index in [0.29, 0.717) is 10.4 Å². The van der Waals surface area contributed by atoms with Gasteiger partial charge in [0.2, 0.25) is 0 Å². The maximum Gasteiger partial charge on any atom is 0.280 e. The SMILES string of the molecule is Cc1ncc2c(=O)n(-c3ccc(Cl)cc3)[nH]c2c1-c1ccccc1N(CC1CC1)CC1CC1. The fourth-order valence-corrected chi connectivity index (χ4v) is 4.85. The van der Waals surface area contributed by atoms with Crippen LogP contribution in [0.4, 0.5) is 5.69 Å². The van der Waals surface area contributed by atoms with Gasteiger partial charge in [-0.1, -0.05) is 29.8 Å². The molecule has 0 spiro atoms. The maximum atomic E-state index is 13.3. The number of anilines is 1. The molecule has 0 atom stereocenters. The highest BCUT2D eigenvalue weighted by molar-refractivity contribution is 6.30. The van der Waals surface area contributed by atoms with Crippen molar-refractivity contribution in [1.29, 1.82) is 0 Å². The molecule has 2 aromatic heterocycles. The van der Waals surface area contributed by atoms with E-state index in [2.05, 4.69) is 39.2 Å². The summed E-state index contributed by atoms with van der Waals surface area (Å²) in [5.41, 5.74) is 5.77. The lowest BCUT2D eigenvalue weighted by molar-refractivity contribution is 0.680. The highest BCUT2D eigenvalue weighted by Gasteiger charge is 2.31. The Hall–Kier alpha value is -3.05. The van der Waals surface area contributed by atoms with Gasteiger partial charge in [0.15, 0.2) is 0 Å². The number of para-hydroxylation sites is 1. The minimum atomic E-state index is -0.105. The average Bonchev–Trinajstić information content (AvgIpc) is 3.75. The summed E-state index contributed by atoms with van der Waals surface area (Å²) in [7, 11) is 0. The molecule has 5 nitrogen and oxygen atoms in total. The molecule has 33 heavy (non-hydrogen) atoms. The maximum absolute atomic E-state index is 13.3. The van der Waals surface area contributed by atoms with Crippen LogP contribution in [-0.4, -0.2) is 27.9 Å². The van der Waals surface area contributed by atoms with Crippen LogP contribution in [0.5, 0.6) is 0 Å². The summed E-state index contributed by atoms with van der Waals surface area (Å²) < 4.78 is 1.58. The molecule has 2 aromatic carbocycles. The lowest BCUT2D eigenvalue weighted by Gasteiger charge is -2.28. The minimum Gasteiger partial charge on any atom is -0.370 e. The summed E-state index contributed by atoms with van der Waals surface area (Å²) in [4.78, 5) is 20.5. The Kier molecular flexibility index (Phi) is 5.02. The molecule has 4 aromatic rings. The van der Waals surface area contributed by atoms with E-state index < -0.39 is 0 Å². The van der Waals surface area contributed by atoms with Crippen molar-refractivity contribution in [1.82, 2.24) is 14.8 Å². The molecule has 2 heterocycles. The van der Waals surface area contributed by atoms with Crippen molar-refractivity contribution in [3.63, 3.8) is 0 Å². The largest absolute Gasteiger partial charge is 0.370 e. The molecule has 0 unspecified atom stereocenters. The standard InChI is InChI=1S/C27H27ClN4O/c1-17-25(22-4-2-3-5-24(22)31(15-18-6-7-18)16-19-8-9-19)26-23(14-29-17)27(33)32(30-26)21-12-10-20(28)11-13-21/h2-5,10-14,18-19,30H,6-9,15-16H2,1H3. The van der Waals surface area contributed by atoms with Gasteiger partial charge in [-0.25, -0.2) is 4.68 Å². The molecule has 0 aliphatic heterocycles. The van der Waals surface area contributed by atoms with Crippen molar-refractivity contribution in [3.8, 4) is 16.8 Å². The summed E-state index contributed by atoms with van der Waals surface area (Å²) in [5, 5.41) is 4.62. The monoisotopic (exact) mass is 458 g/mol. The van der Waals surface area contributed by atoms with Gasteiger partial charge in [-0.15, -0.1) is 0 Å². The molecular weight excluding hydrogens is 432 g/mol. The number of aromatic nitrogens is 3. The van der Waals surface area contributed by atoms with E-state index in [-0.39, 0.29) is 5.56 Å². The summed E-state index contributed by atoms with van der Waals surface area (Å²) in [6.45, 7) is 4.24. The summed E-state index contributed by atoms with van der Waals surface area (Å²) in [6, 6.07) is 15.9. The highest BCUT2D eigenvalue weighted by atomic mass is 35.5. The molecule has 2 aliphatic carbocycles. The number of nitrogens with one attached hydrogen (secondary N) is 1. The summed E-state index contributed by atoms with van der Waals surface area (Å²) in [5.74, 6) is 1.61. The molecule has 1 N–H and O–H groups in total. The van der Waals surface area contributed by atoms with E-state index in [1.54, 1.807) is 23.0 Å². The normalized spacial score (nSPS) is 15.8. The number of hydrogen-bond acceptors (Lipinski definition) is 3. The van der Waals surface area contributed by atoms with E-state index in [9.17, 15) is 4.79 Å². The van der Waals surface area contributed by atoms with E-state index in [1.807, 2.05) is 19.1 Å². The second kappa shape index (κ2) is 8.07. The predicted octanol–water partition coefficient (Wildman–Crippen LogP) is 5.97. The number of nitrogens with zero attached hydrogens (tertiary/aromatic N) is 3. The average molecular weight is 459 g/mol. The molecule has 6 heteroatoms. The summed E-state index contributed by atoms with van der Waals surface area (Å²) >= 11 is 6.06. The molecule has 2 fully saturated rings.